The van der Waals surface area contributed by atoms with Crippen LogP contribution in [-0.2, 0) is 0 Å². The third-order valence-corrected chi connectivity index (χ3v) is 5.47. The summed E-state index contributed by atoms with van der Waals surface area (Å²) in [5.74, 6) is 1.73. The summed E-state index contributed by atoms with van der Waals surface area (Å²) in [6.45, 7) is 2.07. The van der Waals surface area contributed by atoms with Crippen LogP contribution in [0.2, 0.25) is 0 Å². The molecule has 21 heavy (non-hydrogen) atoms. The molecular weight excluding hydrogens is 258 g/mol. The zero-order valence-electron chi connectivity index (χ0n) is 14.7. The molecule has 0 heterocycles. The molecule has 0 aromatic carbocycles. The molecule has 2 aliphatic rings. The number of rotatable bonds is 4. The molecule has 0 bridgehead atoms. The van der Waals surface area contributed by atoms with Crippen LogP contribution in [0.5, 0.6) is 0 Å². The number of hydrogen-bond donors (Lipinski definition) is 2. The molecule has 0 amide bonds. The molecule has 4 N–H and O–H groups in total. The van der Waals surface area contributed by atoms with Crippen LogP contribution in [0.3, 0.4) is 0 Å². The smallest absolute Gasteiger partial charge is 0.0563 e. The van der Waals surface area contributed by atoms with Crippen molar-refractivity contribution in [3.05, 3.63) is 0 Å². The second-order valence-electron chi connectivity index (χ2n) is 7.31. The van der Waals surface area contributed by atoms with Gasteiger partial charge in [-0.15, -0.1) is 0 Å². The van der Waals surface area contributed by atoms with Crippen molar-refractivity contribution in [3.63, 3.8) is 0 Å². The van der Waals surface area contributed by atoms with Crippen molar-refractivity contribution in [2.45, 2.75) is 89.8 Å². The van der Waals surface area contributed by atoms with Crippen LogP contribution >= 0.6 is 0 Å². The van der Waals surface area contributed by atoms with E-state index in [0.717, 1.165) is 18.3 Å². The molecule has 0 spiro atoms. The van der Waals surface area contributed by atoms with E-state index in [2.05, 4.69) is 6.92 Å². The lowest BCUT2D eigenvalue weighted by atomic mass is 9.74. The zero-order chi connectivity index (χ0) is 15.7. The van der Waals surface area contributed by atoms with Gasteiger partial charge in [0.2, 0.25) is 0 Å². The van der Waals surface area contributed by atoms with Crippen LogP contribution in [0.1, 0.15) is 77.6 Å². The van der Waals surface area contributed by atoms with Crippen LogP contribution in [0.25, 0.3) is 0 Å². The highest BCUT2D eigenvalue weighted by Gasteiger charge is 2.28. The second-order valence-corrected chi connectivity index (χ2v) is 7.31. The largest absolute Gasteiger partial charge is 0.327 e. The van der Waals surface area contributed by atoms with E-state index < -0.39 is 0 Å². The van der Waals surface area contributed by atoms with Crippen molar-refractivity contribution >= 4 is 0 Å². The van der Waals surface area contributed by atoms with Gasteiger partial charge in [0.05, 0.1) is 6.17 Å². The van der Waals surface area contributed by atoms with E-state index in [9.17, 15) is 0 Å². The third kappa shape index (κ3) is 7.12. The quantitative estimate of drug-likeness (QED) is 0.778. The number of nitrogens with zero attached hydrogens (tertiary/aromatic N) is 1. The summed E-state index contributed by atoms with van der Waals surface area (Å²) in [5, 5.41) is 0. The molecule has 0 aromatic heterocycles. The van der Waals surface area contributed by atoms with Crippen molar-refractivity contribution in [1.82, 2.24) is 4.90 Å². The van der Waals surface area contributed by atoms with Crippen LogP contribution in [0, 0.1) is 11.8 Å². The van der Waals surface area contributed by atoms with Gasteiger partial charge < -0.3 is 11.5 Å². The van der Waals surface area contributed by atoms with E-state index in [0.29, 0.717) is 6.04 Å². The van der Waals surface area contributed by atoms with Crippen molar-refractivity contribution in [2.24, 2.45) is 23.3 Å². The van der Waals surface area contributed by atoms with Crippen molar-refractivity contribution in [3.8, 4) is 0 Å². The molecule has 2 saturated carbocycles. The number of nitrogens with two attached hydrogens (primary N) is 2. The van der Waals surface area contributed by atoms with Gasteiger partial charge in [0.15, 0.2) is 0 Å². The summed E-state index contributed by atoms with van der Waals surface area (Å²) in [6, 6.07) is 0.538. The first-order valence-electron chi connectivity index (χ1n) is 9.23. The first-order valence-corrected chi connectivity index (χ1v) is 9.23. The topological polar surface area (TPSA) is 55.3 Å². The monoisotopic (exact) mass is 297 g/mol. The predicted molar refractivity (Wildman–Crippen MR) is 93.1 cm³/mol. The Kier molecular flexibility index (Phi) is 9.54. The van der Waals surface area contributed by atoms with Gasteiger partial charge in [-0.2, -0.15) is 0 Å². The lowest BCUT2D eigenvalue weighted by Crippen LogP contribution is -2.39. The lowest BCUT2D eigenvalue weighted by molar-refractivity contribution is 0.205. The Morgan fingerprint density at radius 3 is 1.43 bits per heavy atom. The first-order chi connectivity index (χ1) is 10.1. The Labute approximate surface area is 132 Å². The summed E-state index contributed by atoms with van der Waals surface area (Å²) in [6.07, 6.45) is 15.6. The Morgan fingerprint density at radius 1 is 0.810 bits per heavy atom. The van der Waals surface area contributed by atoms with Crippen LogP contribution in [-0.4, -0.2) is 31.2 Å². The van der Waals surface area contributed by atoms with E-state index in [1.807, 2.05) is 19.0 Å². The molecule has 0 radical (unpaired) electrons. The highest BCUT2D eigenvalue weighted by molar-refractivity contribution is 4.83. The molecule has 2 aliphatic carbocycles. The molecule has 2 fully saturated rings. The normalized spacial score (nSPS) is 23.0. The van der Waals surface area contributed by atoms with Crippen molar-refractivity contribution in [1.29, 1.82) is 0 Å². The molecule has 126 valence electrons. The maximum Gasteiger partial charge on any atom is 0.0563 e. The van der Waals surface area contributed by atoms with E-state index in [4.69, 9.17) is 11.5 Å². The summed E-state index contributed by atoms with van der Waals surface area (Å²) < 4.78 is 0. The average molecular weight is 298 g/mol. The van der Waals surface area contributed by atoms with E-state index in [-0.39, 0.29) is 6.17 Å². The van der Waals surface area contributed by atoms with E-state index in [1.54, 1.807) is 0 Å². The van der Waals surface area contributed by atoms with Crippen LogP contribution in [0.15, 0.2) is 0 Å². The minimum Gasteiger partial charge on any atom is -0.327 e. The maximum absolute atomic E-state index is 6.42. The Bertz CT molecular complexity index is 225. The standard InChI is InChI=1S/C13H25N.C5H14N2/c14-13(11-7-3-1-4-8-11)12-9-5-2-6-10-12;1-4-5(6)7(2)3/h11-13H,1-10,14H2;5H,4,6H2,1-3H3. The van der Waals surface area contributed by atoms with Crippen molar-refractivity contribution < 1.29 is 0 Å². The second kappa shape index (κ2) is 10.6. The lowest BCUT2D eigenvalue weighted by Gasteiger charge is -2.35. The summed E-state index contributed by atoms with van der Waals surface area (Å²) in [4.78, 5) is 2.00. The van der Waals surface area contributed by atoms with Gasteiger partial charge in [-0.25, -0.2) is 0 Å². The van der Waals surface area contributed by atoms with E-state index >= 15 is 0 Å². The molecule has 2 rings (SSSR count). The third-order valence-electron chi connectivity index (χ3n) is 5.47. The Hall–Kier alpha value is -0.120. The Morgan fingerprint density at radius 2 is 1.19 bits per heavy atom. The van der Waals surface area contributed by atoms with Gasteiger partial charge in [-0.1, -0.05) is 45.4 Å². The summed E-state index contributed by atoms with van der Waals surface area (Å²) in [7, 11) is 3.96. The first kappa shape index (κ1) is 18.9. The molecule has 3 nitrogen and oxygen atoms in total. The van der Waals surface area contributed by atoms with Crippen LogP contribution < -0.4 is 11.5 Å². The molecule has 3 heteroatoms. The molecule has 0 aromatic rings. The minimum atomic E-state index is 0.236. The maximum atomic E-state index is 6.42. The van der Waals surface area contributed by atoms with Crippen molar-refractivity contribution in [2.75, 3.05) is 14.1 Å². The predicted octanol–water partition coefficient (Wildman–Crippen LogP) is 3.72. The van der Waals surface area contributed by atoms with Gasteiger partial charge in [0.1, 0.15) is 0 Å². The molecular formula is C18H39N3. The minimum absolute atomic E-state index is 0.236. The van der Waals surface area contributed by atoms with Crippen LogP contribution in [0.4, 0.5) is 0 Å². The summed E-state index contributed by atoms with van der Waals surface area (Å²) in [5.41, 5.74) is 12.0. The molecule has 0 aliphatic heterocycles. The highest BCUT2D eigenvalue weighted by Crippen LogP contribution is 2.34. The van der Waals surface area contributed by atoms with Gasteiger partial charge >= 0.3 is 0 Å². The highest BCUT2D eigenvalue weighted by atomic mass is 15.2. The fourth-order valence-electron chi connectivity index (χ4n) is 3.79. The number of hydrogen-bond acceptors (Lipinski definition) is 3. The molecule has 1 atom stereocenters. The SMILES string of the molecule is CCC(N)N(C)C.NC(C1CCCCC1)C1CCCCC1. The summed E-state index contributed by atoms with van der Waals surface area (Å²) >= 11 is 0. The zero-order valence-corrected chi connectivity index (χ0v) is 14.7. The Balaban J connectivity index is 0.000000270. The van der Waals surface area contributed by atoms with Gasteiger partial charge in [-0.3, -0.25) is 4.90 Å². The van der Waals surface area contributed by atoms with Gasteiger partial charge in [0.25, 0.3) is 0 Å². The fourth-order valence-corrected chi connectivity index (χ4v) is 3.79. The molecule has 0 saturated heterocycles. The molecule has 1 unspecified atom stereocenters. The average Bonchev–Trinajstić information content (AvgIpc) is 2.55. The van der Waals surface area contributed by atoms with E-state index in [1.165, 1.54) is 64.2 Å². The van der Waals surface area contributed by atoms with Gasteiger partial charge in [-0.05, 0) is 58.0 Å². The fraction of sp³-hybridized carbons (Fsp3) is 1.00. The van der Waals surface area contributed by atoms with Gasteiger partial charge in [0, 0.05) is 6.04 Å².